The van der Waals surface area contributed by atoms with Crippen molar-refractivity contribution in [1.29, 1.82) is 0 Å². The Kier molecular flexibility index (Phi) is 4.80. The lowest BCUT2D eigenvalue weighted by Crippen LogP contribution is -2.49. The molecule has 1 saturated heterocycles. The normalized spacial score (nSPS) is 17.0. The summed E-state index contributed by atoms with van der Waals surface area (Å²) >= 11 is 5.14. The number of hydrogen-bond donors (Lipinski definition) is 2. The molecule has 1 fully saturated rings. The highest BCUT2D eigenvalue weighted by Crippen LogP contribution is 2.33. The third-order valence-corrected chi connectivity index (χ3v) is 4.26. The van der Waals surface area contributed by atoms with Crippen molar-refractivity contribution in [3.05, 3.63) is 24.3 Å². The Morgan fingerprint density at radius 1 is 1.38 bits per heavy atom. The number of anilines is 2. The first-order chi connectivity index (χ1) is 9.95. The largest absolute Gasteiger partial charge is 0.392 e. The highest BCUT2D eigenvalue weighted by Gasteiger charge is 2.43. The topological polar surface area (TPSA) is 67.6 Å². The van der Waals surface area contributed by atoms with Gasteiger partial charge in [-0.25, -0.2) is 0 Å². The van der Waals surface area contributed by atoms with E-state index in [-0.39, 0.29) is 10.9 Å². The Labute approximate surface area is 130 Å². The Morgan fingerprint density at radius 3 is 2.62 bits per heavy atom. The molecule has 0 aromatic heterocycles. The fraction of sp³-hybridized carbons (Fsp3) is 0.467. The van der Waals surface area contributed by atoms with Gasteiger partial charge in [0, 0.05) is 38.7 Å². The third kappa shape index (κ3) is 3.33. The van der Waals surface area contributed by atoms with Crippen LogP contribution in [0.25, 0.3) is 0 Å². The molecule has 3 N–H and O–H groups in total. The molecule has 0 aliphatic carbocycles. The molecule has 21 heavy (non-hydrogen) atoms. The first-order valence-corrected chi connectivity index (χ1v) is 7.33. The summed E-state index contributed by atoms with van der Waals surface area (Å²) in [5, 5.41) is 2.94. The minimum Gasteiger partial charge on any atom is -0.392 e. The van der Waals surface area contributed by atoms with Gasteiger partial charge < -0.3 is 20.7 Å². The van der Waals surface area contributed by atoms with E-state index in [4.69, 9.17) is 22.7 Å². The van der Waals surface area contributed by atoms with Crippen LogP contribution in [0.5, 0.6) is 0 Å². The molecule has 0 radical (unpaired) electrons. The molecular weight excluding hydrogens is 286 g/mol. The molecule has 1 aliphatic rings. The summed E-state index contributed by atoms with van der Waals surface area (Å²) in [7, 11) is 3.91. The van der Waals surface area contributed by atoms with Gasteiger partial charge in [0.15, 0.2) is 0 Å². The van der Waals surface area contributed by atoms with Crippen molar-refractivity contribution in [2.45, 2.75) is 12.8 Å². The van der Waals surface area contributed by atoms with Gasteiger partial charge in [-0.15, -0.1) is 0 Å². The van der Waals surface area contributed by atoms with Crippen molar-refractivity contribution in [3.63, 3.8) is 0 Å². The second kappa shape index (κ2) is 6.41. The fourth-order valence-electron chi connectivity index (χ4n) is 2.42. The minimum atomic E-state index is -0.804. The van der Waals surface area contributed by atoms with Crippen LogP contribution in [0.15, 0.2) is 24.3 Å². The molecule has 1 aromatic carbocycles. The molecule has 5 nitrogen and oxygen atoms in total. The molecule has 0 atom stereocenters. The number of benzene rings is 1. The summed E-state index contributed by atoms with van der Waals surface area (Å²) in [6.07, 6.45) is 1.06. The van der Waals surface area contributed by atoms with Crippen LogP contribution in [0, 0.1) is 5.41 Å². The zero-order chi connectivity index (χ0) is 15.5. The van der Waals surface area contributed by atoms with E-state index in [1.807, 2.05) is 43.3 Å². The van der Waals surface area contributed by atoms with Crippen molar-refractivity contribution in [1.82, 2.24) is 0 Å². The molecule has 0 spiro atoms. The van der Waals surface area contributed by atoms with Gasteiger partial charge >= 0.3 is 0 Å². The molecule has 6 heteroatoms. The highest BCUT2D eigenvalue weighted by atomic mass is 32.1. The molecule has 1 aromatic rings. The van der Waals surface area contributed by atoms with Crippen LogP contribution in [-0.2, 0) is 9.53 Å². The Bertz CT molecular complexity index is 539. The fourth-order valence-corrected chi connectivity index (χ4v) is 2.71. The van der Waals surface area contributed by atoms with Gasteiger partial charge in [0.1, 0.15) is 5.41 Å². The Hall–Kier alpha value is -1.66. The van der Waals surface area contributed by atoms with E-state index >= 15 is 0 Å². The minimum absolute atomic E-state index is 0.144. The predicted molar refractivity (Wildman–Crippen MR) is 88.7 cm³/mol. The average Bonchev–Trinajstić information content (AvgIpc) is 2.48. The SMILES string of the molecule is CN(C)c1cccc(NC(=O)C2(C(N)=S)CCOCC2)c1. The number of nitrogens with one attached hydrogen (secondary N) is 1. The second-order valence-corrected chi connectivity index (χ2v) is 5.90. The molecule has 1 aliphatic heterocycles. The van der Waals surface area contributed by atoms with Crippen molar-refractivity contribution in [3.8, 4) is 0 Å². The molecule has 114 valence electrons. The van der Waals surface area contributed by atoms with E-state index < -0.39 is 5.41 Å². The maximum absolute atomic E-state index is 12.7. The molecule has 0 saturated carbocycles. The number of amides is 1. The lowest BCUT2D eigenvalue weighted by molar-refractivity contribution is -0.126. The van der Waals surface area contributed by atoms with E-state index in [1.54, 1.807) is 0 Å². The molecule has 0 unspecified atom stereocenters. The summed E-state index contributed by atoms with van der Waals surface area (Å²) in [5.74, 6) is -0.144. The van der Waals surface area contributed by atoms with Crippen LogP contribution in [0.2, 0.25) is 0 Å². The van der Waals surface area contributed by atoms with Gasteiger partial charge in [-0.2, -0.15) is 0 Å². The third-order valence-electron chi connectivity index (χ3n) is 3.87. The Balaban J connectivity index is 2.19. The first kappa shape index (κ1) is 15.7. The predicted octanol–water partition coefficient (Wildman–Crippen LogP) is 1.77. The van der Waals surface area contributed by atoms with E-state index in [9.17, 15) is 4.79 Å². The van der Waals surface area contributed by atoms with Gasteiger partial charge in [-0.1, -0.05) is 18.3 Å². The van der Waals surface area contributed by atoms with Crippen molar-refractivity contribution >= 4 is 34.5 Å². The lowest BCUT2D eigenvalue weighted by atomic mass is 9.79. The summed E-state index contributed by atoms with van der Waals surface area (Å²) in [5.41, 5.74) is 6.80. The second-order valence-electron chi connectivity index (χ2n) is 5.46. The van der Waals surface area contributed by atoms with Gasteiger partial charge in [-0.3, -0.25) is 4.79 Å². The number of thiocarbonyl (C=S) groups is 1. The maximum Gasteiger partial charge on any atom is 0.237 e. The maximum atomic E-state index is 12.7. The van der Waals surface area contributed by atoms with E-state index in [0.29, 0.717) is 26.1 Å². The first-order valence-electron chi connectivity index (χ1n) is 6.92. The molecule has 2 rings (SSSR count). The van der Waals surface area contributed by atoms with Crippen LogP contribution >= 0.6 is 12.2 Å². The summed E-state index contributed by atoms with van der Waals surface area (Å²) in [4.78, 5) is 14.9. The van der Waals surface area contributed by atoms with Crippen LogP contribution < -0.4 is 16.0 Å². The van der Waals surface area contributed by atoms with Gasteiger partial charge in [0.05, 0.1) is 4.99 Å². The van der Waals surface area contributed by atoms with Crippen LogP contribution in [0.3, 0.4) is 0 Å². The van der Waals surface area contributed by atoms with Crippen LogP contribution in [-0.4, -0.2) is 38.2 Å². The zero-order valence-electron chi connectivity index (χ0n) is 12.4. The summed E-state index contributed by atoms with van der Waals surface area (Å²) in [6, 6.07) is 7.66. The highest BCUT2D eigenvalue weighted by molar-refractivity contribution is 7.80. The zero-order valence-corrected chi connectivity index (χ0v) is 13.2. The quantitative estimate of drug-likeness (QED) is 0.830. The number of carbonyl (C=O) groups is 1. The number of ether oxygens (including phenoxy) is 1. The van der Waals surface area contributed by atoms with Gasteiger partial charge in [0.25, 0.3) is 0 Å². The number of nitrogens with two attached hydrogens (primary N) is 1. The van der Waals surface area contributed by atoms with Gasteiger partial charge in [-0.05, 0) is 31.0 Å². The van der Waals surface area contributed by atoms with Crippen molar-refractivity contribution in [2.75, 3.05) is 37.5 Å². The molecule has 1 heterocycles. The summed E-state index contributed by atoms with van der Waals surface area (Å²) in [6.45, 7) is 1.00. The van der Waals surface area contributed by atoms with Crippen molar-refractivity contribution < 1.29 is 9.53 Å². The number of hydrogen-bond acceptors (Lipinski definition) is 4. The lowest BCUT2D eigenvalue weighted by Gasteiger charge is -2.34. The van der Waals surface area contributed by atoms with E-state index in [0.717, 1.165) is 11.4 Å². The van der Waals surface area contributed by atoms with Gasteiger partial charge in [0.2, 0.25) is 5.91 Å². The van der Waals surface area contributed by atoms with Crippen LogP contribution in [0.1, 0.15) is 12.8 Å². The number of rotatable bonds is 4. The Morgan fingerprint density at radius 2 is 2.05 bits per heavy atom. The molecule has 0 bridgehead atoms. The standard InChI is InChI=1S/C15H21N3O2S/c1-18(2)12-5-3-4-11(10-12)17-14(19)15(13(16)21)6-8-20-9-7-15/h3-5,10H,6-9H2,1-2H3,(H2,16,21)(H,17,19). The van der Waals surface area contributed by atoms with E-state index in [1.165, 1.54) is 0 Å². The summed E-state index contributed by atoms with van der Waals surface area (Å²) < 4.78 is 5.32. The smallest absolute Gasteiger partial charge is 0.237 e. The van der Waals surface area contributed by atoms with Crippen LogP contribution in [0.4, 0.5) is 11.4 Å². The molecular formula is C15H21N3O2S. The van der Waals surface area contributed by atoms with Crippen molar-refractivity contribution in [2.24, 2.45) is 11.1 Å². The number of carbonyl (C=O) groups excluding carboxylic acids is 1. The monoisotopic (exact) mass is 307 g/mol. The average molecular weight is 307 g/mol. The van der Waals surface area contributed by atoms with E-state index in [2.05, 4.69) is 5.32 Å². The molecule has 1 amide bonds. The number of nitrogens with zero attached hydrogens (tertiary/aromatic N) is 1.